The lowest BCUT2D eigenvalue weighted by Gasteiger charge is -2.28. The van der Waals surface area contributed by atoms with Gasteiger partial charge in [0.15, 0.2) is 11.7 Å². The predicted molar refractivity (Wildman–Crippen MR) is 91.3 cm³/mol. The summed E-state index contributed by atoms with van der Waals surface area (Å²) in [6, 6.07) is 5.98. The van der Waals surface area contributed by atoms with E-state index >= 15 is 0 Å². The minimum atomic E-state index is -0.733. The van der Waals surface area contributed by atoms with E-state index in [1.54, 1.807) is 30.3 Å². The molecule has 2 aromatic rings. The van der Waals surface area contributed by atoms with E-state index in [9.17, 15) is 14.3 Å². The molecule has 0 radical (unpaired) electrons. The predicted octanol–water partition coefficient (Wildman–Crippen LogP) is 3.18. The quantitative estimate of drug-likeness (QED) is 0.872. The number of aromatic nitrogens is 1. The fourth-order valence-electron chi connectivity index (χ4n) is 3.30. The van der Waals surface area contributed by atoms with Crippen LogP contribution >= 0.6 is 0 Å². The van der Waals surface area contributed by atoms with Crippen LogP contribution in [-0.4, -0.2) is 40.1 Å². The van der Waals surface area contributed by atoms with Crippen LogP contribution in [0.5, 0.6) is 0 Å². The number of aryl methyl sites for hydroxylation is 1. The van der Waals surface area contributed by atoms with Gasteiger partial charge in [0.05, 0.1) is 11.8 Å². The maximum atomic E-state index is 13.0. The first-order valence-corrected chi connectivity index (χ1v) is 8.62. The molecule has 0 aliphatic heterocycles. The third-order valence-electron chi connectivity index (χ3n) is 4.73. The van der Waals surface area contributed by atoms with Crippen LogP contribution in [0.4, 0.5) is 4.39 Å². The molecule has 1 aliphatic carbocycles. The molecule has 1 fully saturated rings. The SMILES string of the molecule is CN(CC1(O)CCCC1)C(=O)CCc1ncc(-c2ccc(F)cc2)o1. The molecule has 134 valence electrons. The maximum Gasteiger partial charge on any atom is 0.222 e. The Hall–Kier alpha value is -2.21. The Morgan fingerprint density at radius 3 is 2.68 bits per heavy atom. The molecule has 0 bridgehead atoms. The number of carbonyl (C=O) groups is 1. The van der Waals surface area contributed by atoms with Gasteiger partial charge in [0, 0.05) is 32.0 Å². The lowest BCUT2D eigenvalue weighted by Crippen LogP contribution is -2.42. The van der Waals surface area contributed by atoms with Crippen LogP contribution in [0, 0.1) is 5.82 Å². The molecule has 6 heteroatoms. The average molecular weight is 346 g/mol. The van der Waals surface area contributed by atoms with Crippen LogP contribution in [0.1, 0.15) is 38.0 Å². The van der Waals surface area contributed by atoms with Gasteiger partial charge in [0.2, 0.25) is 5.91 Å². The zero-order valence-electron chi connectivity index (χ0n) is 14.4. The van der Waals surface area contributed by atoms with Gasteiger partial charge in [-0.05, 0) is 37.1 Å². The molecule has 0 unspecified atom stereocenters. The first-order chi connectivity index (χ1) is 12.0. The molecule has 3 rings (SSSR count). The van der Waals surface area contributed by atoms with Crippen LogP contribution in [-0.2, 0) is 11.2 Å². The van der Waals surface area contributed by atoms with Crippen LogP contribution in [0.15, 0.2) is 34.9 Å². The minimum Gasteiger partial charge on any atom is -0.441 e. The second-order valence-corrected chi connectivity index (χ2v) is 6.81. The third kappa shape index (κ3) is 4.45. The van der Waals surface area contributed by atoms with Crippen molar-refractivity contribution in [2.45, 2.75) is 44.1 Å². The van der Waals surface area contributed by atoms with E-state index in [0.717, 1.165) is 31.2 Å². The van der Waals surface area contributed by atoms with Crippen molar-refractivity contribution >= 4 is 5.91 Å². The number of likely N-dealkylation sites (N-methyl/N-ethyl adjacent to an activating group) is 1. The van der Waals surface area contributed by atoms with E-state index in [1.165, 1.54) is 12.1 Å². The lowest BCUT2D eigenvalue weighted by molar-refractivity contribution is -0.133. The summed E-state index contributed by atoms with van der Waals surface area (Å²) in [7, 11) is 1.72. The summed E-state index contributed by atoms with van der Waals surface area (Å²) in [5.41, 5.74) is 0.00960. The van der Waals surface area contributed by atoms with Gasteiger partial charge >= 0.3 is 0 Å². The average Bonchev–Trinajstić information content (AvgIpc) is 3.22. The highest BCUT2D eigenvalue weighted by Crippen LogP contribution is 2.30. The molecule has 1 N–H and O–H groups in total. The zero-order chi connectivity index (χ0) is 17.9. The number of amides is 1. The molecule has 1 aromatic heterocycles. The standard InChI is InChI=1S/C19H23FN2O3/c1-22(13-19(24)10-2-3-11-19)18(23)9-8-17-21-12-16(25-17)14-4-6-15(20)7-5-14/h4-7,12,24H,2-3,8-11,13H2,1H3. The van der Waals surface area contributed by atoms with Crippen molar-refractivity contribution < 1.29 is 18.7 Å². The summed E-state index contributed by atoms with van der Waals surface area (Å²) in [6.07, 6.45) is 5.79. The Balaban J connectivity index is 1.53. The van der Waals surface area contributed by atoms with Crippen molar-refractivity contribution in [2.24, 2.45) is 0 Å². The van der Waals surface area contributed by atoms with Crippen LogP contribution in [0.3, 0.4) is 0 Å². The van der Waals surface area contributed by atoms with Crippen LogP contribution in [0.2, 0.25) is 0 Å². The Bertz CT molecular complexity index is 721. The second kappa shape index (κ2) is 7.35. The molecule has 1 aliphatic rings. The molecule has 5 nitrogen and oxygen atoms in total. The van der Waals surface area contributed by atoms with Crippen molar-refractivity contribution in [1.82, 2.24) is 9.88 Å². The van der Waals surface area contributed by atoms with Gasteiger partial charge in [0.1, 0.15) is 5.82 Å². The summed E-state index contributed by atoms with van der Waals surface area (Å²) in [4.78, 5) is 18.0. The molecule has 0 atom stereocenters. The molecule has 1 saturated carbocycles. The summed E-state index contributed by atoms with van der Waals surface area (Å²) in [6.45, 7) is 0.373. The monoisotopic (exact) mass is 346 g/mol. The number of benzene rings is 1. The first kappa shape index (κ1) is 17.6. The molecule has 25 heavy (non-hydrogen) atoms. The van der Waals surface area contributed by atoms with Crippen molar-refractivity contribution in [2.75, 3.05) is 13.6 Å². The van der Waals surface area contributed by atoms with Gasteiger partial charge in [-0.25, -0.2) is 9.37 Å². The number of aliphatic hydroxyl groups is 1. The molecule has 0 spiro atoms. The van der Waals surface area contributed by atoms with E-state index in [1.807, 2.05) is 0 Å². The zero-order valence-corrected chi connectivity index (χ0v) is 14.4. The van der Waals surface area contributed by atoms with Crippen LogP contribution < -0.4 is 0 Å². The van der Waals surface area contributed by atoms with Gasteiger partial charge in [-0.2, -0.15) is 0 Å². The van der Waals surface area contributed by atoms with Gasteiger partial charge < -0.3 is 14.4 Å². The fourth-order valence-corrected chi connectivity index (χ4v) is 3.30. The van der Waals surface area contributed by atoms with Crippen molar-refractivity contribution in [3.8, 4) is 11.3 Å². The Morgan fingerprint density at radius 1 is 1.32 bits per heavy atom. The highest BCUT2D eigenvalue weighted by Gasteiger charge is 2.33. The summed E-state index contributed by atoms with van der Waals surface area (Å²) < 4.78 is 18.6. The van der Waals surface area contributed by atoms with Gasteiger partial charge in [-0.3, -0.25) is 4.79 Å². The number of nitrogens with zero attached hydrogens (tertiary/aromatic N) is 2. The third-order valence-corrected chi connectivity index (χ3v) is 4.73. The van der Waals surface area contributed by atoms with Crippen molar-refractivity contribution in [3.05, 3.63) is 42.2 Å². The number of hydrogen-bond acceptors (Lipinski definition) is 4. The van der Waals surface area contributed by atoms with Crippen molar-refractivity contribution in [3.63, 3.8) is 0 Å². The molecule has 1 amide bonds. The summed E-state index contributed by atoms with van der Waals surface area (Å²) >= 11 is 0. The molecule has 1 aromatic carbocycles. The maximum absolute atomic E-state index is 13.0. The Morgan fingerprint density at radius 2 is 2.00 bits per heavy atom. The highest BCUT2D eigenvalue weighted by atomic mass is 19.1. The number of hydrogen-bond donors (Lipinski definition) is 1. The normalized spacial score (nSPS) is 16.1. The number of carbonyl (C=O) groups excluding carboxylic acids is 1. The van der Waals surface area contributed by atoms with Gasteiger partial charge in [-0.1, -0.05) is 12.8 Å². The smallest absolute Gasteiger partial charge is 0.222 e. The summed E-state index contributed by atoms with van der Waals surface area (Å²) in [5.74, 6) is 0.680. The molecular weight excluding hydrogens is 323 g/mol. The van der Waals surface area contributed by atoms with Crippen molar-refractivity contribution in [1.29, 1.82) is 0 Å². The summed E-state index contributed by atoms with van der Waals surface area (Å²) in [5, 5.41) is 10.4. The largest absolute Gasteiger partial charge is 0.441 e. The fraction of sp³-hybridized carbons (Fsp3) is 0.474. The number of oxazole rings is 1. The molecular formula is C19H23FN2O3. The van der Waals surface area contributed by atoms with Crippen LogP contribution in [0.25, 0.3) is 11.3 Å². The number of halogens is 1. The topological polar surface area (TPSA) is 66.6 Å². The Kier molecular flexibility index (Phi) is 5.18. The first-order valence-electron chi connectivity index (χ1n) is 8.62. The number of rotatable bonds is 6. The van der Waals surface area contributed by atoms with E-state index in [4.69, 9.17) is 4.42 Å². The molecule has 1 heterocycles. The second-order valence-electron chi connectivity index (χ2n) is 6.81. The van der Waals surface area contributed by atoms with E-state index in [2.05, 4.69) is 4.98 Å². The van der Waals surface area contributed by atoms with Gasteiger partial charge in [0.25, 0.3) is 0 Å². The van der Waals surface area contributed by atoms with E-state index < -0.39 is 5.60 Å². The highest BCUT2D eigenvalue weighted by molar-refractivity contribution is 5.76. The minimum absolute atomic E-state index is 0.0399. The van der Waals surface area contributed by atoms with E-state index in [0.29, 0.717) is 24.6 Å². The van der Waals surface area contributed by atoms with Gasteiger partial charge in [-0.15, -0.1) is 0 Å². The molecule has 0 saturated heterocycles. The lowest BCUT2D eigenvalue weighted by atomic mass is 10.0. The Labute approximate surface area is 146 Å². The van der Waals surface area contributed by atoms with E-state index in [-0.39, 0.29) is 18.1 Å².